The highest BCUT2D eigenvalue weighted by atomic mass is 16.5. The molecule has 2 heteroatoms. The van der Waals surface area contributed by atoms with Crippen LogP contribution in [0.4, 0.5) is 0 Å². The van der Waals surface area contributed by atoms with E-state index < -0.39 is 0 Å². The molecule has 0 amide bonds. The number of ether oxygens (including phenoxy) is 1. The predicted molar refractivity (Wildman–Crippen MR) is 70.0 cm³/mol. The van der Waals surface area contributed by atoms with Crippen LogP contribution in [0.3, 0.4) is 0 Å². The second-order valence-electron chi connectivity index (χ2n) is 4.55. The van der Waals surface area contributed by atoms with Gasteiger partial charge in [0.15, 0.2) is 0 Å². The number of carbonyl (C=O) groups is 1. The summed E-state index contributed by atoms with van der Waals surface area (Å²) in [5, 5.41) is 0. The van der Waals surface area contributed by atoms with E-state index in [9.17, 15) is 4.79 Å². The van der Waals surface area contributed by atoms with E-state index in [1.54, 1.807) is 7.11 Å². The second kappa shape index (κ2) is 4.30. The van der Waals surface area contributed by atoms with Crippen molar-refractivity contribution in [3.63, 3.8) is 0 Å². The van der Waals surface area contributed by atoms with E-state index in [2.05, 4.69) is 0 Å². The molecule has 0 heterocycles. The van der Waals surface area contributed by atoms with E-state index >= 15 is 0 Å². The SMILES string of the molecule is COc1ccc2c(c1)CC(=O)C2c1ccccc1. The molecule has 1 unspecified atom stereocenters. The minimum Gasteiger partial charge on any atom is -0.497 e. The number of fused-ring (bicyclic) bond motifs is 1. The van der Waals surface area contributed by atoms with Gasteiger partial charge in [-0.15, -0.1) is 0 Å². The minimum atomic E-state index is -0.105. The number of rotatable bonds is 2. The molecule has 0 saturated carbocycles. The summed E-state index contributed by atoms with van der Waals surface area (Å²) in [4.78, 5) is 12.2. The predicted octanol–water partition coefficient (Wildman–Crippen LogP) is 2.95. The van der Waals surface area contributed by atoms with Gasteiger partial charge in [-0.25, -0.2) is 0 Å². The van der Waals surface area contributed by atoms with Crippen LogP contribution in [0.2, 0.25) is 0 Å². The van der Waals surface area contributed by atoms with Crippen molar-refractivity contribution in [1.82, 2.24) is 0 Å². The molecule has 0 N–H and O–H groups in total. The monoisotopic (exact) mass is 238 g/mol. The van der Waals surface area contributed by atoms with Crippen molar-refractivity contribution in [2.75, 3.05) is 7.11 Å². The van der Waals surface area contributed by atoms with Gasteiger partial charge in [0.1, 0.15) is 11.5 Å². The third kappa shape index (κ3) is 1.70. The summed E-state index contributed by atoms with van der Waals surface area (Å²) in [6.07, 6.45) is 0.506. The van der Waals surface area contributed by atoms with Crippen LogP contribution < -0.4 is 4.74 Å². The van der Waals surface area contributed by atoms with E-state index in [1.807, 2.05) is 48.5 Å². The Kier molecular flexibility index (Phi) is 2.63. The van der Waals surface area contributed by atoms with Crippen molar-refractivity contribution < 1.29 is 9.53 Å². The number of hydrogen-bond acceptors (Lipinski definition) is 2. The first kappa shape index (κ1) is 11.0. The fraction of sp³-hybridized carbons (Fsp3) is 0.188. The van der Waals surface area contributed by atoms with Gasteiger partial charge >= 0.3 is 0 Å². The van der Waals surface area contributed by atoms with Crippen LogP contribution in [0.15, 0.2) is 48.5 Å². The zero-order chi connectivity index (χ0) is 12.5. The van der Waals surface area contributed by atoms with Gasteiger partial charge in [0.25, 0.3) is 0 Å². The Bertz CT molecular complexity index is 587. The fourth-order valence-corrected chi connectivity index (χ4v) is 2.62. The number of methoxy groups -OCH3 is 1. The Balaban J connectivity index is 2.07. The van der Waals surface area contributed by atoms with E-state index in [4.69, 9.17) is 4.74 Å². The highest BCUT2D eigenvalue weighted by Gasteiger charge is 2.31. The maximum absolute atomic E-state index is 12.2. The summed E-state index contributed by atoms with van der Waals surface area (Å²) in [5.41, 5.74) is 3.28. The molecule has 0 radical (unpaired) electrons. The van der Waals surface area contributed by atoms with Crippen molar-refractivity contribution in [3.05, 3.63) is 65.2 Å². The van der Waals surface area contributed by atoms with Gasteiger partial charge in [0.05, 0.1) is 13.0 Å². The standard InChI is InChI=1S/C16H14O2/c1-18-13-7-8-14-12(9-13)10-15(17)16(14)11-5-3-2-4-6-11/h2-9,16H,10H2,1H3. The molecule has 2 aromatic rings. The molecule has 1 aliphatic rings. The van der Waals surface area contributed by atoms with Crippen LogP contribution in [-0.2, 0) is 11.2 Å². The third-order valence-electron chi connectivity index (χ3n) is 3.48. The molecule has 90 valence electrons. The number of carbonyl (C=O) groups excluding carboxylic acids is 1. The minimum absolute atomic E-state index is 0.105. The molecule has 2 aromatic carbocycles. The zero-order valence-electron chi connectivity index (χ0n) is 10.2. The first-order chi connectivity index (χ1) is 8.79. The van der Waals surface area contributed by atoms with Crippen LogP contribution >= 0.6 is 0 Å². The second-order valence-corrected chi connectivity index (χ2v) is 4.55. The van der Waals surface area contributed by atoms with E-state index in [-0.39, 0.29) is 11.7 Å². The number of Topliss-reactive ketones (excluding diaryl/α,β-unsaturated/α-hetero) is 1. The van der Waals surface area contributed by atoms with Gasteiger partial charge in [-0.2, -0.15) is 0 Å². The molecular weight excluding hydrogens is 224 g/mol. The van der Waals surface area contributed by atoms with Crippen LogP contribution in [0.25, 0.3) is 0 Å². The first-order valence-corrected chi connectivity index (χ1v) is 6.04. The Morgan fingerprint density at radius 3 is 2.61 bits per heavy atom. The van der Waals surface area contributed by atoms with Gasteiger partial charge in [-0.3, -0.25) is 4.79 Å². The van der Waals surface area contributed by atoms with E-state index in [0.717, 1.165) is 22.4 Å². The average molecular weight is 238 g/mol. The number of ketones is 1. The fourth-order valence-electron chi connectivity index (χ4n) is 2.62. The summed E-state index contributed by atoms with van der Waals surface area (Å²) >= 11 is 0. The number of benzene rings is 2. The largest absolute Gasteiger partial charge is 0.497 e. The van der Waals surface area contributed by atoms with Gasteiger partial charge in [0.2, 0.25) is 0 Å². The molecule has 18 heavy (non-hydrogen) atoms. The first-order valence-electron chi connectivity index (χ1n) is 6.04. The summed E-state index contributed by atoms with van der Waals surface area (Å²) in [7, 11) is 1.65. The van der Waals surface area contributed by atoms with Crippen molar-refractivity contribution in [2.45, 2.75) is 12.3 Å². The molecule has 0 spiro atoms. The van der Waals surface area contributed by atoms with Crippen LogP contribution in [-0.4, -0.2) is 12.9 Å². The molecule has 0 aromatic heterocycles. The third-order valence-corrected chi connectivity index (χ3v) is 3.48. The quantitative estimate of drug-likeness (QED) is 0.804. The van der Waals surface area contributed by atoms with Crippen LogP contribution in [0.5, 0.6) is 5.75 Å². The smallest absolute Gasteiger partial charge is 0.149 e. The van der Waals surface area contributed by atoms with Crippen LogP contribution in [0.1, 0.15) is 22.6 Å². The molecule has 3 rings (SSSR count). The topological polar surface area (TPSA) is 26.3 Å². The van der Waals surface area contributed by atoms with E-state index in [1.165, 1.54) is 0 Å². The summed E-state index contributed by atoms with van der Waals surface area (Å²) in [6, 6.07) is 15.9. The lowest BCUT2D eigenvalue weighted by molar-refractivity contribution is -0.118. The number of hydrogen-bond donors (Lipinski definition) is 0. The Morgan fingerprint density at radius 1 is 1.11 bits per heavy atom. The lowest BCUT2D eigenvalue weighted by Gasteiger charge is -2.11. The Morgan fingerprint density at radius 2 is 1.89 bits per heavy atom. The van der Waals surface area contributed by atoms with Crippen molar-refractivity contribution >= 4 is 5.78 Å². The zero-order valence-corrected chi connectivity index (χ0v) is 10.2. The van der Waals surface area contributed by atoms with Crippen molar-refractivity contribution in [2.24, 2.45) is 0 Å². The molecular formula is C16H14O2. The van der Waals surface area contributed by atoms with Crippen molar-refractivity contribution in [3.8, 4) is 5.75 Å². The molecule has 0 bridgehead atoms. The average Bonchev–Trinajstić information content (AvgIpc) is 2.74. The molecule has 0 aliphatic heterocycles. The molecule has 1 atom stereocenters. The molecule has 2 nitrogen and oxygen atoms in total. The van der Waals surface area contributed by atoms with E-state index in [0.29, 0.717) is 6.42 Å². The maximum atomic E-state index is 12.2. The molecule has 0 saturated heterocycles. The van der Waals surface area contributed by atoms with Gasteiger partial charge in [-0.05, 0) is 28.8 Å². The Hall–Kier alpha value is -2.09. The summed E-state index contributed by atoms with van der Waals surface area (Å²) in [5.74, 6) is 0.979. The summed E-state index contributed by atoms with van der Waals surface area (Å²) < 4.78 is 5.20. The lowest BCUT2D eigenvalue weighted by Crippen LogP contribution is -2.07. The lowest BCUT2D eigenvalue weighted by atomic mass is 9.92. The highest BCUT2D eigenvalue weighted by molar-refractivity contribution is 5.95. The van der Waals surface area contributed by atoms with Gasteiger partial charge < -0.3 is 4.74 Å². The van der Waals surface area contributed by atoms with Gasteiger partial charge in [-0.1, -0.05) is 36.4 Å². The summed E-state index contributed by atoms with van der Waals surface area (Å²) in [6.45, 7) is 0. The maximum Gasteiger partial charge on any atom is 0.149 e. The normalized spacial score (nSPS) is 17.6. The highest BCUT2D eigenvalue weighted by Crippen LogP contribution is 2.37. The Labute approximate surface area is 106 Å². The molecule has 0 fully saturated rings. The van der Waals surface area contributed by atoms with Gasteiger partial charge in [0, 0.05) is 6.42 Å². The molecule has 1 aliphatic carbocycles. The van der Waals surface area contributed by atoms with Crippen molar-refractivity contribution in [1.29, 1.82) is 0 Å². The van der Waals surface area contributed by atoms with Crippen LogP contribution in [0, 0.1) is 0 Å².